The smallest absolute Gasteiger partial charge is 0.426 e. The van der Waals surface area contributed by atoms with Gasteiger partial charge in [-0.3, -0.25) is 87.8 Å². The quantitative estimate of drug-likeness (QED) is 0.00384. The Hall–Kier alpha value is -13.1. The molecule has 4 heterocycles. The summed E-state index contributed by atoms with van der Waals surface area (Å²) in [5.74, 6) is -18.8. The van der Waals surface area contributed by atoms with Gasteiger partial charge < -0.3 is 104 Å². The highest BCUT2D eigenvalue weighted by Gasteiger charge is 2.41. The van der Waals surface area contributed by atoms with Gasteiger partial charge in [-0.1, -0.05) is 88.1 Å². The monoisotopic (exact) mass is 1860 g/mol. The summed E-state index contributed by atoms with van der Waals surface area (Å²) in [6.45, 7) is 11.5. The standard InChI is InChI=1S/C80H111N21O25S3/c1-9-14-61(109)125-39-101(75(118)62(41(5)10-2)94-71(116)55-16-11-12-28-100(55)8)56(40(3)4)35-57(126-43(7)102)73-93-54(38-127-73)70(115)88-47(32-44-17-23-49(103)24-18-44)31-42(6)65(110)98-99-80(123)124-29-30-128-129-74(77(121)122)96-69(114)53(34-60(107)108)92-67(112)50(15-13-27-84-78(81)82)90-68(113)52(33-59(105)106)89-58(104)26-25-51(76(119)120)91-66(111)45-19-21-46(22-20-45)85-36-48-37-86-64-63(87-48)72(117)97-79(83)95-64/h17-24,37-38,40-42,47,50-53,55-57,62,74,85,103H,9-16,25-36,39H2,1-8H3,(H,88,115)(H,89,104)(H,90,113)(H,91,111)(H,92,112)(H,94,116)(H,96,114)(H,98,110)(H,99,123)(H,105,106)(H,107,108)(H,119,120)(H,121,122)(H4,81,82,84)(H3,83,86,95,97,117)/t41?,42-,47+,50-,51-,52-,53-,55+,56+,57+,62-,74-/m0/s1. The zero-order chi connectivity index (χ0) is 95.3. The molecule has 22 N–H and O–H groups in total. The van der Waals surface area contributed by atoms with Crippen LogP contribution in [0.4, 0.5) is 16.4 Å². The molecule has 3 aromatic heterocycles. The number of carboxylic acids is 4. The fourth-order valence-corrected chi connectivity index (χ4v) is 15.9. The van der Waals surface area contributed by atoms with E-state index in [1.807, 2.05) is 39.6 Å². The van der Waals surface area contributed by atoms with Crippen LogP contribution in [0.15, 0.2) is 64.9 Å². The van der Waals surface area contributed by atoms with Crippen LogP contribution >= 0.6 is 32.9 Å². The van der Waals surface area contributed by atoms with Crippen molar-refractivity contribution < 1.29 is 116 Å². The molecule has 12 atom stereocenters. The second-order valence-electron chi connectivity index (χ2n) is 30.6. The lowest BCUT2D eigenvalue weighted by Gasteiger charge is -2.39. The first-order chi connectivity index (χ1) is 61.1. The van der Waals surface area contributed by atoms with Crippen LogP contribution in [0.3, 0.4) is 0 Å². The molecule has 129 heavy (non-hydrogen) atoms. The first-order valence-corrected chi connectivity index (χ1v) is 44.4. The van der Waals surface area contributed by atoms with Crippen LogP contribution in [0.1, 0.15) is 182 Å². The van der Waals surface area contributed by atoms with Gasteiger partial charge in [-0.05, 0) is 119 Å². The number of phenolic OH excluding ortho intramolecular Hbond substituents is 1. The molecule has 0 bridgehead atoms. The summed E-state index contributed by atoms with van der Waals surface area (Å²) in [6.07, 6.45) is -1.88. The van der Waals surface area contributed by atoms with Crippen LogP contribution in [0.2, 0.25) is 0 Å². The molecule has 6 rings (SSSR count). The zero-order valence-corrected chi connectivity index (χ0v) is 74.5. The number of phenols is 1. The van der Waals surface area contributed by atoms with E-state index in [1.54, 1.807) is 19.1 Å². The summed E-state index contributed by atoms with van der Waals surface area (Å²) in [4.78, 5) is 248. The van der Waals surface area contributed by atoms with Gasteiger partial charge in [0.1, 0.15) is 53.3 Å². The number of rotatable bonds is 52. The summed E-state index contributed by atoms with van der Waals surface area (Å²) >= 11 is 0.986. The summed E-state index contributed by atoms with van der Waals surface area (Å²) in [6, 6.07) is 0.918. The molecule has 0 saturated carbocycles. The number of nitrogens with one attached hydrogen (secondary N) is 13. The van der Waals surface area contributed by atoms with Crippen LogP contribution in [0.25, 0.3) is 11.2 Å². The molecule has 1 aliphatic rings. The van der Waals surface area contributed by atoms with E-state index in [1.165, 1.54) is 66.7 Å². The number of fused-ring (bicyclic) bond motifs is 1. The van der Waals surface area contributed by atoms with Crippen molar-refractivity contribution in [1.82, 2.24) is 88.1 Å². The molecule has 1 saturated heterocycles. The summed E-state index contributed by atoms with van der Waals surface area (Å²) in [5, 5.41) is 79.3. The van der Waals surface area contributed by atoms with Crippen molar-refractivity contribution in [3.05, 3.63) is 98.0 Å². The topological polar surface area (TPSA) is 701 Å². The fraction of sp³-hybridized carbons (Fsp3) is 0.525. The number of anilines is 2. The highest BCUT2D eigenvalue weighted by molar-refractivity contribution is 8.77. The molecule has 2 aromatic carbocycles. The molecular weight excluding hydrogens is 1750 g/mol. The number of hydrazine groups is 1. The number of carbonyl (C=O) groups is 16. The molecule has 49 heteroatoms. The third-order valence-corrected chi connectivity index (χ3v) is 23.5. The second-order valence-corrected chi connectivity index (χ2v) is 34.1. The Balaban J connectivity index is 1.02. The molecule has 704 valence electrons. The van der Waals surface area contributed by atoms with E-state index in [0.29, 0.717) is 53.5 Å². The lowest BCUT2D eigenvalue weighted by molar-refractivity contribution is -0.160. The minimum Gasteiger partial charge on any atom is -0.508 e. The predicted molar refractivity (Wildman–Crippen MR) is 467 cm³/mol. The summed E-state index contributed by atoms with van der Waals surface area (Å²) in [5.41, 5.74) is 15.9. The highest BCUT2D eigenvalue weighted by atomic mass is 33.1. The average molecular weight is 1860 g/mol. The normalized spacial score (nSPS) is 15.1. The SMILES string of the molecule is CCCC(=O)OCN(C(=O)[C@@H](NC(=O)[C@H]1CCCCN1C)C(C)CC)[C@H](C[C@@H](OC(C)=O)c1nc(C(=O)N[C@@H](Cc2ccc(O)cc2)C[C@H](C)C(=O)NNC(=O)OCCSS[C@H](NC(=O)[C@H](CC(=O)O)NC(=O)[C@H](CCCNC(=N)N)NC(=O)[C@H](CC(=O)O)NC(=O)CC[C@H](NC(=O)c2ccc(NCc3cnc4nc(N)[nH]c(=O)c4n3)cc2)C(=O)O)C(=O)O)cs1)C(C)C. The van der Waals surface area contributed by atoms with Crippen LogP contribution in [-0.4, -0.2) is 254 Å². The molecular formula is C80H111N21O25S3. The summed E-state index contributed by atoms with van der Waals surface area (Å²) < 4.78 is 16.7. The van der Waals surface area contributed by atoms with Gasteiger partial charge in [-0.25, -0.2) is 34.8 Å². The number of guanidine groups is 1. The number of aromatic amines is 1. The van der Waals surface area contributed by atoms with Gasteiger partial charge in [0.05, 0.1) is 37.3 Å². The predicted octanol–water partition coefficient (Wildman–Crippen LogP) is 1.60. The van der Waals surface area contributed by atoms with Crippen LogP contribution in [0.5, 0.6) is 5.75 Å². The molecule has 10 amide bonds. The molecule has 0 spiro atoms. The maximum atomic E-state index is 15.0. The Kier molecular flexibility index (Phi) is 42.4. The van der Waals surface area contributed by atoms with Gasteiger partial charge in [0, 0.05) is 73.1 Å². The first-order valence-electron chi connectivity index (χ1n) is 41.2. The minimum absolute atomic E-state index is 0.0183. The van der Waals surface area contributed by atoms with Crippen molar-refractivity contribution in [1.29, 1.82) is 5.41 Å². The van der Waals surface area contributed by atoms with Crippen LogP contribution < -0.4 is 75.7 Å². The van der Waals surface area contributed by atoms with E-state index in [2.05, 4.69) is 83.6 Å². The van der Waals surface area contributed by atoms with E-state index in [-0.39, 0.29) is 108 Å². The van der Waals surface area contributed by atoms with E-state index >= 15 is 4.79 Å². The maximum absolute atomic E-state index is 15.0. The molecule has 1 unspecified atom stereocenters. The molecule has 46 nitrogen and oxygen atoms in total. The third kappa shape index (κ3) is 35.3. The number of carbonyl (C=O) groups excluding carboxylic acids is 12. The number of amides is 10. The number of hydrogen-bond donors (Lipinski definition) is 20. The molecule has 1 aliphatic heterocycles. The number of benzene rings is 2. The van der Waals surface area contributed by atoms with Gasteiger partial charge in [-0.2, -0.15) is 4.98 Å². The van der Waals surface area contributed by atoms with E-state index < -0.39 is 212 Å². The second kappa shape index (κ2) is 52.3. The molecule has 0 aliphatic carbocycles. The maximum Gasteiger partial charge on any atom is 0.426 e. The van der Waals surface area contributed by atoms with Gasteiger partial charge in [0.15, 0.2) is 35.3 Å². The summed E-state index contributed by atoms with van der Waals surface area (Å²) in [7, 11) is 3.06. The zero-order valence-electron chi connectivity index (χ0n) is 72.1. The number of likely N-dealkylation sites (N-methyl/N-ethyl adjacent to an activating group) is 1. The van der Waals surface area contributed by atoms with Crippen molar-refractivity contribution in [3.63, 3.8) is 0 Å². The Morgan fingerprint density at radius 3 is 2.04 bits per heavy atom. The average Bonchev–Trinajstić information content (AvgIpc) is 1.73. The number of carboxylic acid groups (broad SMARTS) is 4. The number of aromatic hydroxyl groups is 1. The number of H-pyrrole nitrogens is 1. The highest BCUT2D eigenvalue weighted by Crippen LogP contribution is 2.33. The molecule has 1 fully saturated rings. The van der Waals surface area contributed by atoms with Crippen molar-refractivity contribution in [2.75, 3.05) is 50.3 Å². The number of nitrogen functional groups attached to an aromatic ring is 1. The number of likely N-dealkylation sites (tertiary alicyclic amines) is 1. The van der Waals surface area contributed by atoms with Crippen LogP contribution in [0, 0.1) is 23.2 Å². The number of thiazole rings is 1. The molecule has 0 radical (unpaired) electrons. The number of nitrogens with zero attached hydrogens (tertiary/aromatic N) is 6. The largest absolute Gasteiger partial charge is 0.508 e. The van der Waals surface area contributed by atoms with Crippen molar-refractivity contribution in [2.24, 2.45) is 23.5 Å². The number of esters is 2. The lowest BCUT2D eigenvalue weighted by Crippen LogP contribution is -2.59. The number of piperidine rings is 1. The number of hydrogen-bond acceptors (Lipinski definition) is 32. The van der Waals surface area contributed by atoms with Gasteiger partial charge >= 0.3 is 41.9 Å². The van der Waals surface area contributed by atoms with Crippen molar-refractivity contribution in [3.8, 4) is 5.75 Å². The lowest BCUT2D eigenvalue weighted by atomic mass is 9.92. The first kappa shape index (κ1) is 105. The van der Waals surface area contributed by atoms with Crippen LogP contribution in [-0.2, 0) is 89.5 Å². The third-order valence-electron chi connectivity index (χ3n) is 20.1. The Labute approximate surface area is 751 Å². The van der Waals surface area contributed by atoms with Gasteiger partial charge in [0.25, 0.3) is 17.4 Å². The number of aromatic nitrogens is 5. The van der Waals surface area contributed by atoms with Gasteiger partial charge in [-0.15, -0.1) is 11.3 Å². The van der Waals surface area contributed by atoms with E-state index in [0.717, 1.165) is 35.0 Å². The van der Waals surface area contributed by atoms with Crippen molar-refractivity contribution in [2.45, 2.75) is 211 Å². The van der Waals surface area contributed by atoms with E-state index in [9.17, 15) is 102 Å². The fourth-order valence-electron chi connectivity index (χ4n) is 13.1. The molecule has 5 aromatic rings. The number of nitrogens with two attached hydrogens (primary N) is 2. The Bertz CT molecular complexity index is 4840. The van der Waals surface area contributed by atoms with Crippen molar-refractivity contribution >= 4 is 157 Å². The number of ether oxygens (including phenoxy) is 3. The minimum atomic E-state index is -2.08. The Morgan fingerprint density at radius 1 is 0.744 bits per heavy atom. The Morgan fingerprint density at radius 2 is 1.41 bits per heavy atom. The van der Waals surface area contributed by atoms with E-state index in [4.69, 9.17) is 31.1 Å². The number of aliphatic carboxylic acids is 4. The van der Waals surface area contributed by atoms with Gasteiger partial charge in [0.2, 0.25) is 47.3 Å².